The van der Waals surface area contributed by atoms with Crippen molar-refractivity contribution < 1.29 is 4.43 Å². The van der Waals surface area contributed by atoms with Gasteiger partial charge in [-0.1, -0.05) is 39.3 Å². The molecule has 0 aromatic rings. The van der Waals surface area contributed by atoms with E-state index in [1.165, 1.54) is 0 Å². The minimum absolute atomic E-state index is 0.871. The standard InChI is InChI=1S/C6H19NSi2.C5H14OSi/c1-8(2,3)7-9(4,5)6;1-5-6-7(2,3)4/h7H,1-6H3;5H2,1-4H3. The predicted octanol–water partition coefficient (Wildman–Crippen LogP) is 4.10. The van der Waals surface area contributed by atoms with Gasteiger partial charge in [-0.25, -0.2) is 0 Å². The van der Waals surface area contributed by atoms with E-state index < -0.39 is 24.8 Å². The zero-order chi connectivity index (χ0) is 13.6. The maximum atomic E-state index is 5.37. The largest absolute Gasteiger partial charge is 0.418 e. The fourth-order valence-electron chi connectivity index (χ4n) is 1.56. The Hall–Kier alpha value is 0.571. The fourth-order valence-corrected chi connectivity index (χ4v) is 11.4. The van der Waals surface area contributed by atoms with Gasteiger partial charge in [-0.2, -0.15) is 0 Å². The molecule has 0 aromatic heterocycles. The Labute approximate surface area is 106 Å². The molecule has 0 amide bonds. The molecule has 0 saturated heterocycles. The number of hydrogen-bond acceptors (Lipinski definition) is 2. The first kappa shape index (κ1) is 18.9. The van der Waals surface area contributed by atoms with E-state index in [4.69, 9.17) is 4.43 Å². The summed E-state index contributed by atoms with van der Waals surface area (Å²) in [5.74, 6) is 0. The van der Waals surface area contributed by atoms with Crippen LogP contribution in [0.1, 0.15) is 6.92 Å². The van der Waals surface area contributed by atoms with Crippen LogP contribution in [-0.4, -0.2) is 31.4 Å². The highest BCUT2D eigenvalue weighted by Crippen LogP contribution is 2.02. The molecule has 0 aliphatic carbocycles. The van der Waals surface area contributed by atoms with Gasteiger partial charge < -0.3 is 9.07 Å². The van der Waals surface area contributed by atoms with Crippen LogP contribution in [0, 0.1) is 0 Å². The monoisotopic (exact) mass is 279 g/mol. The Morgan fingerprint density at radius 2 is 1.06 bits per heavy atom. The van der Waals surface area contributed by atoms with Gasteiger partial charge in [-0.15, -0.1) is 0 Å². The highest BCUT2D eigenvalue weighted by Gasteiger charge is 2.22. The second-order valence-corrected chi connectivity index (χ2v) is 21.7. The van der Waals surface area contributed by atoms with Crippen LogP contribution in [0.3, 0.4) is 0 Å². The summed E-state index contributed by atoms with van der Waals surface area (Å²) in [6, 6.07) is 0. The lowest BCUT2D eigenvalue weighted by Gasteiger charge is -2.28. The molecule has 0 atom stereocenters. The molecular formula is C11H33NOSi3. The summed E-state index contributed by atoms with van der Waals surface area (Å²) < 4.78 is 9.10. The van der Waals surface area contributed by atoms with Crippen molar-refractivity contribution in [3.05, 3.63) is 0 Å². The van der Waals surface area contributed by atoms with Crippen LogP contribution in [0.2, 0.25) is 58.9 Å². The molecule has 0 aliphatic rings. The summed E-state index contributed by atoms with van der Waals surface area (Å²) in [7, 11) is -3.12. The van der Waals surface area contributed by atoms with Crippen LogP contribution in [0.5, 0.6) is 0 Å². The van der Waals surface area contributed by atoms with E-state index in [0.717, 1.165) is 6.61 Å². The molecule has 0 aliphatic heterocycles. The third-order valence-electron chi connectivity index (χ3n) is 1.33. The molecular weight excluding hydrogens is 246 g/mol. The smallest absolute Gasteiger partial charge is 0.183 e. The van der Waals surface area contributed by atoms with E-state index in [1.54, 1.807) is 0 Å². The SMILES string of the molecule is CCO[Si](C)(C)C.C[Si](C)(C)N[Si](C)(C)C. The first-order valence-electron chi connectivity index (χ1n) is 6.20. The van der Waals surface area contributed by atoms with E-state index in [2.05, 4.69) is 63.6 Å². The molecule has 0 radical (unpaired) electrons. The summed E-state index contributed by atoms with van der Waals surface area (Å²) >= 11 is 0. The summed E-state index contributed by atoms with van der Waals surface area (Å²) in [6.45, 7) is 23.6. The Kier molecular flexibility index (Phi) is 8.40. The van der Waals surface area contributed by atoms with Crippen LogP contribution in [-0.2, 0) is 4.43 Å². The second-order valence-electron chi connectivity index (χ2n) is 7.17. The normalized spacial score (nSPS) is 13.1. The van der Waals surface area contributed by atoms with Crippen LogP contribution in [0.4, 0.5) is 0 Å². The third-order valence-corrected chi connectivity index (χ3v) is 8.48. The van der Waals surface area contributed by atoms with Crippen LogP contribution in [0.15, 0.2) is 0 Å². The minimum atomic E-state index is -1.16. The Morgan fingerprint density at radius 3 is 1.06 bits per heavy atom. The first-order chi connectivity index (χ1) is 6.77. The van der Waals surface area contributed by atoms with Crippen LogP contribution in [0.25, 0.3) is 0 Å². The molecule has 0 saturated carbocycles. The summed E-state index contributed by atoms with van der Waals surface area (Å²) in [5.41, 5.74) is 0. The van der Waals surface area contributed by atoms with Crippen LogP contribution < -0.4 is 4.65 Å². The van der Waals surface area contributed by atoms with Crippen molar-refractivity contribution in [3.63, 3.8) is 0 Å². The summed E-state index contributed by atoms with van der Waals surface area (Å²) in [4.78, 5) is 0. The molecule has 0 rings (SSSR count). The molecule has 2 nitrogen and oxygen atoms in total. The third kappa shape index (κ3) is 24.0. The van der Waals surface area contributed by atoms with Crippen molar-refractivity contribution in [2.45, 2.75) is 65.8 Å². The van der Waals surface area contributed by atoms with Gasteiger partial charge in [0.15, 0.2) is 8.32 Å². The zero-order valence-corrected chi connectivity index (χ0v) is 16.1. The molecule has 0 bridgehead atoms. The summed E-state index contributed by atoms with van der Waals surface area (Å²) in [5, 5.41) is 0. The lowest BCUT2D eigenvalue weighted by atomic mass is 10.9. The molecule has 100 valence electrons. The highest BCUT2D eigenvalue weighted by molar-refractivity contribution is 6.90. The fraction of sp³-hybridized carbons (Fsp3) is 1.00. The lowest BCUT2D eigenvalue weighted by Crippen LogP contribution is -2.55. The lowest BCUT2D eigenvalue weighted by molar-refractivity contribution is 0.334. The van der Waals surface area contributed by atoms with Gasteiger partial charge in [0, 0.05) is 6.61 Å². The van der Waals surface area contributed by atoms with Crippen LogP contribution >= 0.6 is 0 Å². The minimum Gasteiger partial charge on any atom is -0.418 e. The summed E-state index contributed by atoms with van der Waals surface area (Å²) in [6.07, 6.45) is 0. The van der Waals surface area contributed by atoms with Gasteiger partial charge >= 0.3 is 0 Å². The Balaban J connectivity index is 0. The van der Waals surface area contributed by atoms with Crippen molar-refractivity contribution in [3.8, 4) is 0 Å². The topological polar surface area (TPSA) is 21.3 Å². The second kappa shape index (κ2) is 7.10. The molecule has 1 N–H and O–H groups in total. The maximum Gasteiger partial charge on any atom is 0.183 e. The van der Waals surface area contributed by atoms with Crippen molar-refractivity contribution in [1.82, 2.24) is 4.65 Å². The molecule has 0 unspecified atom stereocenters. The molecule has 0 fully saturated rings. The van der Waals surface area contributed by atoms with Gasteiger partial charge in [0.2, 0.25) is 0 Å². The number of nitrogens with one attached hydrogen (secondary N) is 1. The van der Waals surface area contributed by atoms with Gasteiger partial charge in [0.25, 0.3) is 0 Å². The van der Waals surface area contributed by atoms with E-state index in [9.17, 15) is 0 Å². The van der Waals surface area contributed by atoms with Gasteiger partial charge in [-0.3, -0.25) is 0 Å². The number of hydrogen-bond donors (Lipinski definition) is 1. The van der Waals surface area contributed by atoms with Crippen molar-refractivity contribution in [2.24, 2.45) is 0 Å². The van der Waals surface area contributed by atoms with E-state index in [-0.39, 0.29) is 0 Å². The zero-order valence-electron chi connectivity index (χ0n) is 13.1. The predicted molar refractivity (Wildman–Crippen MR) is 84.8 cm³/mol. The Morgan fingerprint density at radius 1 is 0.750 bits per heavy atom. The van der Waals surface area contributed by atoms with E-state index in [0.29, 0.717) is 0 Å². The number of rotatable bonds is 4. The average molecular weight is 280 g/mol. The van der Waals surface area contributed by atoms with Crippen molar-refractivity contribution >= 4 is 24.8 Å². The van der Waals surface area contributed by atoms with Gasteiger partial charge in [0.1, 0.15) is 16.5 Å². The Bertz CT molecular complexity index is 165. The first-order valence-corrected chi connectivity index (χ1v) is 16.6. The van der Waals surface area contributed by atoms with Gasteiger partial charge in [0.05, 0.1) is 0 Å². The maximum absolute atomic E-state index is 5.37. The quantitative estimate of drug-likeness (QED) is 0.782. The highest BCUT2D eigenvalue weighted by atomic mass is 28.4. The molecule has 0 spiro atoms. The van der Waals surface area contributed by atoms with Crippen molar-refractivity contribution in [1.29, 1.82) is 0 Å². The van der Waals surface area contributed by atoms with Gasteiger partial charge in [-0.05, 0) is 26.6 Å². The average Bonchev–Trinajstić information content (AvgIpc) is 1.73. The molecule has 16 heavy (non-hydrogen) atoms. The van der Waals surface area contributed by atoms with Crippen molar-refractivity contribution in [2.75, 3.05) is 6.61 Å². The van der Waals surface area contributed by atoms with E-state index in [1.807, 2.05) is 6.92 Å². The molecule has 5 heteroatoms. The molecule has 0 aromatic carbocycles. The van der Waals surface area contributed by atoms with E-state index >= 15 is 0 Å². The molecule has 0 heterocycles.